The van der Waals surface area contributed by atoms with Crippen molar-refractivity contribution in [2.45, 2.75) is 6.61 Å². The Morgan fingerprint density at radius 1 is 0.879 bits per heavy atom. The molecule has 3 aromatic heterocycles. The number of benzene rings is 3. The summed E-state index contributed by atoms with van der Waals surface area (Å²) in [7, 11) is 0. The summed E-state index contributed by atoms with van der Waals surface area (Å²) in [4.78, 5) is 4.70. The van der Waals surface area contributed by atoms with Gasteiger partial charge in [0, 0.05) is 21.4 Å². The monoisotopic (exact) mass is 453 g/mol. The molecule has 0 atom stereocenters. The van der Waals surface area contributed by atoms with E-state index in [-0.39, 0.29) is 0 Å². The van der Waals surface area contributed by atoms with Crippen LogP contribution in [0.5, 0.6) is 5.75 Å². The van der Waals surface area contributed by atoms with Crippen molar-refractivity contribution in [3.05, 3.63) is 89.4 Å². The molecule has 0 saturated heterocycles. The van der Waals surface area contributed by atoms with Crippen LogP contribution >= 0.6 is 11.6 Å². The second kappa shape index (κ2) is 8.03. The van der Waals surface area contributed by atoms with Gasteiger partial charge in [-0.25, -0.2) is 10.1 Å². The minimum absolute atomic E-state index is 0.443. The number of fused-ring (bicyclic) bond motifs is 2. The summed E-state index contributed by atoms with van der Waals surface area (Å²) in [5.74, 6) is 2.09. The maximum absolute atomic E-state index is 6.12. The third kappa shape index (κ3) is 3.90. The van der Waals surface area contributed by atoms with E-state index in [9.17, 15) is 0 Å². The molecule has 1 N–H and O–H groups in total. The topological polar surface area (TPSA) is 89.7 Å². The predicted molar refractivity (Wildman–Crippen MR) is 126 cm³/mol. The number of tetrazole rings is 1. The highest BCUT2D eigenvalue weighted by molar-refractivity contribution is 6.31. The van der Waals surface area contributed by atoms with E-state index in [1.54, 1.807) is 0 Å². The standard InChI is InChI=1S/C25H16ClN5O2/c26-19-7-5-16-6-9-21(27-22(16)13-19)24-12-18-11-20(8-10-23(18)33-24)32-14-15-1-3-17(4-2-15)25-28-30-31-29-25/h1-13H,14H2,(H,28,29,30,31). The summed E-state index contributed by atoms with van der Waals surface area (Å²) in [6, 6.07) is 25.3. The van der Waals surface area contributed by atoms with Crippen LogP contribution in [0.4, 0.5) is 0 Å². The number of nitrogens with one attached hydrogen (secondary N) is 1. The second-order valence-corrected chi connectivity index (χ2v) is 8.02. The first-order valence-corrected chi connectivity index (χ1v) is 10.7. The van der Waals surface area contributed by atoms with Crippen molar-refractivity contribution in [1.29, 1.82) is 0 Å². The maximum atomic E-state index is 6.12. The number of hydrogen-bond donors (Lipinski definition) is 1. The van der Waals surface area contributed by atoms with Gasteiger partial charge in [-0.3, -0.25) is 0 Å². The van der Waals surface area contributed by atoms with E-state index < -0.39 is 0 Å². The minimum Gasteiger partial charge on any atom is -0.489 e. The lowest BCUT2D eigenvalue weighted by atomic mass is 10.1. The molecule has 0 amide bonds. The molecule has 6 aromatic rings. The number of halogens is 1. The molecule has 6 rings (SSSR count). The molecule has 33 heavy (non-hydrogen) atoms. The van der Waals surface area contributed by atoms with Gasteiger partial charge in [0.1, 0.15) is 23.6 Å². The van der Waals surface area contributed by atoms with Gasteiger partial charge in [0.05, 0.1) is 5.52 Å². The van der Waals surface area contributed by atoms with Crippen molar-refractivity contribution in [2.75, 3.05) is 0 Å². The number of hydrogen-bond acceptors (Lipinski definition) is 6. The van der Waals surface area contributed by atoms with Gasteiger partial charge in [-0.05, 0) is 58.5 Å². The van der Waals surface area contributed by atoms with Gasteiger partial charge < -0.3 is 9.15 Å². The van der Waals surface area contributed by atoms with Crippen molar-refractivity contribution >= 4 is 33.5 Å². The van der Waals surface area contributed by atoms with E-state index in [4.69, 9.17) is 25.7 Å². The van der Waals surface area contributed by atoms with Gasteiger partial charge in [0.25, 0.3) is 0 Å². The smallest absolute Gasteiger partial charge is 0.179 e. The van der Waals surface area contributed by atoms with Crippen molar-refractivity contribution in [2.24, 2.45) is 0 Å². The highest BCUT2D eigenvalue weighted by Gasteiger charge is 2.10. The highest BCUT2D eigenvalue weighted by Crippen LogP contribution is 2.31. The largest absolute Gasteiger partial charge is 0.489 e. The fraction of sp³-hybridized carbons (Fsp3) is 0.0400. The molecule has 0 aliphatic rings. The predicted octanol–water partition coefficient (Wildman–Crippen LogP) is 6.06. The normalized spacial score (nSPS) is 11.3. The fourth-order valence-electron chi connectivity index (χ4n) is 3.67. The van der Waals surface area contributed by atoms with Gasteiger partial charge in [0.15, 0.2) is 11.6 Å². The van der Waals surface area contributed by atoms with Crippen LogP contribution in [-0.2, 0) is 6.61 Å². The van der Waals surface area contributed by atoms with E-state index >= 15 is 0 Å². The molecule has 8 heteroatoms. The number of aromatic nitrogens is 5. The Labute approximate surface area is 193 Å². The zero-order valence-corrected chi connectivity index (χ0v) is 18.0. The lowest BCUT2D eigenvalue weighted by molar-refractivity contribution is 0.306. The van der Waals surface area contributed by atoms with Crippen molar-refractivity contribution in [3.63, 3.8) is 0 Å². The Balaban J connectivity index is 1.21. The molecule has 0 saturated carbocycles. The van der Waals surface area contributed by atoms with Crippen molar-refractivity contribution < 1.29 is 9.15 Å². The van der Waals surface area contributed by atoms with Gasteiger partial charge >= 0.3 is 0 Å². The fourth-order valence-corrected chi connectivity index (χ4v) is 3.84. The first-order chi connectivity index (χ1) is 16.2. The molecule has 0 aliphatic carbocycles. The molecule has 0 aliphatic heterocycles. The summed E-state index contributed by atoms with van der Waals surface area (Å²) in [5, 5.41) is 16.5. The molecular formula is C25H16ClN5O2. The lowest BCUT2D eigenvalue weighted by Crippen LogP contribution is -1.95. The van der Waals surface area contributed by atoms with Crippen LogP contribution in [0.2, 0.25) is 5.02 Å². The van der Waals surface area contributed by atoms with Crippen molar-refractivity contribution in [3.8, 4) is 28.6 Å². The molecule has 3 aromatic carbocycles. The summed E-state index contributed by atoms with van der Waals surface area (Å²) < 4.78 is 12.0. The molecule has 0 radical (unpaired) electrons. The SMILES string of the molecule is Clc1ccc2ccc(-c3cc4cc(OCc5ccc(-c6nnn[nH]6)cc5)ccc4o3)nc2c1. The van der Waals surface area contributed by atoms with Crippen LogP contribution in [0.1, 0.15) is 5.56 Å². The maximum Gasteiger partial charge on any atom is 0.179 e. The number of aromatic amines is 1. The average molecular weight is 454 g/mol. The number of nitrogens with zero attached hydrogens (tertiary/aromatic N) is 4. The Bertz CT molecular complexity index is 1580. The van der Waals surface area contributed by atoms with Gasteiger partial charge in [-0.2, -0.15) is 0 Å². The number of ether oxygens (including phenoxy) is 1. The quantitative estimate of drug-likeness (QED) is 0.341. The molecule has 160 valence electrons. The van der Waals surface area contributed by atoms with E-state index in [2.05, 4.69) is 20.6 Å². The molecule has 0 bridgehead atoms. The third-order valence-corrected chi connectivity index (χ3v) is 5.61. The Kier molecular flexibility index (Phi) is 4.74. The van der Waals surface area contributed by atoms with Gasteiger partial charge in [0.2, 0.25) is 0 Å². The van der Waals surface area contributed by atoms with Gasteiger partial charge in [-0.15, -0.1) is 5.10 Å². The van der Waals surface area contributed by atoms with Crippen LogP contribution in [0.15, 0.2) is 83.3 Å². The van der Waals surface area contributed by atoms with Crippen LogP contribution in [0.3, 0.4) is 0 Å². The second-order valence-electron chi connectivity index (χ2n) is 7.58. The van der Waals surface area contributed by atoms with Crippen molar-refractivity contribution in [1.82, 2.24) is 25.6 Å². The first kappa shape index (κ1) is 19.5. The van der Waals surface area contributed by atoms with E-state index in [0.717, 1.165) is 44.4 Å². The van der Waals surface area contributed by atoms with E-state index in [1.165, 1.54) is 0 Å². The summed E-state index contributed by atoms with van der Waals surface area (Å²) in [6.45, 7) is 0.443. The molecule has 0 unspecified atom stereocenters. The zero-order valence-electron chi connectivity index (χ0n) is 17.2. The lowest BCUT2D eigenvalue weighted by Gasteiger charge is -2.06. The Hall–Kier alpha value is -4.23. The number of H-pyrrole nitrogens is 1. The van der Waals surface area contributed by atoms with Crippen LogP contribution in [-0.4, -0.2) is 25.6 Å². The summed E-state index contributed by atoms with van der Waals surface area (Å²) in [6.07, 6.45) is 0. The number of rotatable bonds is 5. The molecule has 0 spiro atoms. The van der Waals surface area contributed by atoms with Crippen LogP contribution in [0, 0.1) is 0 Å². The first-order valence-electron chi connectivity index (χ1n) is 10.3. The Morgan fingerprint density at radius 3 is 2.61 bits per heavy atom. The average Bonchev–Trinajstić information content (AvgIpc) is 3.52. The van der Waals surface area contributed by atoms with Crippen LogP contribution < -0.4 is 4.74 Å². The number of pyridine rings is 1. The minimum atomic E-state index is 0.443. The summed E-state index contributed by atoms with van der Waals surface area (Å²) >= 11 is 6.12. The molecular weight excluding hydrogens is 438 g/mol. The van der Waals surface area contributed by atoms with E-state index in [0.29, 0.717) is 23.2 Å². The zero-order chi connectivity index (χ0) is 22.2. The summed E-state index contributed by atoms with van der Waals surface area (Å²) in [5.41, 5.74) is 4.31. The molecule has 7 nitrogen and oxygen atoms in total. The van der Waals surface area contributed by atoms with Crippen LogP contribution in [0.25, 0.3) is 44.7 Å². The van der Waals surface area contributed by atoms with E-state index in [1.807, 2.05) is 78.9 Å². The van der Waals surface area contributed by atoms with Gasteiger partial charge in [-0.1, -0.05) is 48.0 Å². The molecule has 0 fully saturated rings. The Morgan fingerprint density at radius 2 is 1.76 bits per heavy atom. The highest BCUT2D eigenvalue weighted by atomic mass is 35.5. The molecule has 3 heterocycles. The number of furan rings is 1. The third-order valence-electron chi connectivity index (χ3n) is 5.37.